The number of hydrogen-bond acceptors (Lipinski definition) is 2. The Morgan fingerprint density at radius 3 is 2.68 bits per heavy atom. The molecule has 1 N–H and O–H groups in total. The van der Waals surface area contributed by atoms with Gasteiger partial charge >= 0.3 is 6.03 Å². The molecule has 2 aliphatic heterocycles. The van der Waals surface area contributed by atoms with Gasteiger partial charge in [0.25, 0.3) is 0 Å². The highest BCUT2D eigenvalue weighted by molar-refractivity contribution is 5.95. The van der Waals surface area contributed by atoms with Crippen molar-refractivity contribution in [2.45, 2.75) is 59.4 Å². The van der Waals surface area contributed by atoms with Crippen LogP contribution in [-0.2, 0) is 11.2 Å². The molecular weight excluding hydrogens is 314 g/mol. The van der Waals surface area contributed by atoms with Crippen LogP contribution in [0.25, 0.3) is 0 Å². The maximum atomic E-state index is 12.7. The van der Waals surface area contributed by atoms with E-state index >= 15 is 0 Å². The molecular formula is C20H29N3O2. The zero-order valence-electron chi connectivity index (χ0n) is 15.8. The van der Waals surface area contributed by atoms with Gasteiger partial charge in [-0.3, -0.25) is 4.79 Å². The summed E-state index contributed by atoms with van der Waals surface area (Å²) in [6.45, 7) is 9.82. The van der Waals surface area contributed by atoms with E-state index in [4.69, 9.17) is 0 Å². The molecule has 5 nitrogen and oxygen atoms in total. The van der Waals surface area contributed by atoms with Crippen molar-refractivity contribution in [2.24, 2.45) is 5.41 Å². The zero-order chi connectivity index (χ0) is 18.2. The second-order valence-corrected chi connectivity index (χ2v) is 8.45. The SMILES string of the molecule is CC(=O)N1CCc2cc(NC(=O)N3CCCC3CC(C)(C)C)ccc21. The third-order valence-electron chi connectivity index (χ3n) is 5.09. The van der Waals surface area contributed by atoms with Crippen LogP contribution in [0.2, 0.25) is 0 Å². The molecule has 1 unspecified atom stereocenters. The van der Waals surface area contributed by atoms with Crippen LogP contribution in [0.15, 0.2) is 18.2 Å². The van der Waals surface area contributed by atoms with Gasteiger partial charge in [0, 0.05) is 37.4 Å². The number of rotatable bonds is 2. The highest BCUT2D eigenvalue weighted by Crippen LogP contribution is 2.32. The molecule has 25 heavy (non-hydrogen) atoms. The van der Waals surface area contributed by atoms with Crippen LogP contribution in [0.4, 0.5) is 16.2 Å². The Hall–Kier alpha value is -2.04. The molecule has 3 rings (SSSR count). The van der Waals surface area contributed by atoms with Crippen LogP contribution >= 0.6 is 0 Å². The van der Waals surface area contributed by atoms with Crippen LogP contribution in [0, 0.1) is 5.41 Å². The summed E-state index contributed by atoms with van der Waals surface area (Å²) in [6, 6.07) is 6.16. The van der Waals surface area contributed by atoms with Crippen molar-refractivity contribution >= 4 is 23.3 Å². The Balaban J connectivity index is 1.68. The van der Waals surface area contributed by atoms with Gasteiger partial charge in [-0.15, -0.1) is 0 Å². The highest BCUT2D eigenvalue weighted by Gasteiger charge is 2.32. The molecule has 2 aliphatic rings. The Kier molecular flexibility index (Phi) is 4.76. The molecule has 0 radical (unpaired) electrons. The predicted octanol–water partition coefficient (Wildman–Crippen LogP) is 4.03. The van der Waals surface area contributed by atoms with E-state index in [1.807, 2.05) is 23.1 Å². The standard InChI is InChI=1S/C20H29N3O2/c1-14(24)22-11-9-15-12-16(7-8-18(15)22)21-19(25)23-10-5-6-17(23)13-20(2,3)4/h7-8,12,17H,5-6,9-11,13H2,1-4H3,(H,21,25). The zero-order valence-corrected chi connectivity index (χ0v) is 15.8. The van der Waals surface area contributed by atoms with Gasteiger partial charge in [0.2, 0.25) is 5.91 Å². The van der Waals surface area contributed by atoms with E-state index in [-0.39, 0.29) is 17.4 Å². The summed E-state index contributed by atoms with van der Waals surface area (Å²) in [5.41, 5.74) is 3.13. The fraction of sp³-hybridized carbons (Fsp3) is 0.600. The summed E-state index contributed by atoms with van der Waals surface area (Å²) in [6.07, 6.45) is 4.03. The Labute approximate surface area is 150 Å². The van der Waals surface area contributed by atoms with Crippen molar-refractivity contribution in [3.05, 3.63) is 23.8 Å². The third-order valence-corrected chi connectivity index (χ3v) is 5.09. The van der Waals surface area contributed by atoms with Crippen molar-refractivity contribution in [2.75, 3.05) is 23.3 Å². The molecule has 0 aromatic heterocycles. The molecule has 0 spiro atoms. The average Bonchev–Trinajstić information content (AvgIpc) is 3.11. The molecule has 0 saturated carbocycles. The van der Waals surface area contributed by atoms with E-state index in [2.05, 4.69) is 26.1 Å². The fourth-order valence-electron chi connectivity index (χ4n) is 4.02. The van der Waals surface area contributed by atoms with E-state index < -0.39 is 0 Å². The van der Waals surface area contributed by atoms with Gasteiger partial charge in [0.1, 0.15) is 0 Å². The molecule has 1 atom stereocenters. The van der Waals surface area contributed by atoms with Gasteiger partial charge in [-0.25, -0.2) is 4.79 Å². The summed E-state index contributed by atoms with van der Waals surface area (Å²) in [4.78, 5) is 28.2. The number of benzene rings is 1. The van der Waals surface area contributed by atoms with Crippen LogP contribution in [0.5, 0.6) is 0 Å². The van der Waals surface area contributed by atoms with E-state index in [0.717, 1.165) is 55.7 Å². The Morgan fingerprint density at radius 1 is 1.24 bits per heavy atom. The Morgan fingerprint density at radius 2 is 2.00 bits per heavy atom. The maximum absolute atomic E-state index is 12.7. The fourth-order valence-corrected chi connectivity index (χ4v) is 4.02. The van der Waals surface area contributed by atoms with E-state index in [9.17, 15) is 9.59 Å². The first-order chi connectivity index (χ1) is 11.7. The number of fused-ring (bicyclic) bond motifs is 1. The molecule has 0 aliphatic carbocycles. The minimum absolute atomic E-state index is 0.00637. The summed E-state index contributed by atoms with van der Waals surface area (Å²) >= 11 is 0. The van der Waals surface area contributed by atoms with Gasteiger partial charge in [-0.2, -0.15) is 0 Å². The first-order valence-corrected chi connectivity index (χ1v) is 9.23. The first-order valence-electron chi connectivity index (χ1n) is 9.23. The minimum atomic E-state index is -0.00637. The molecule has 3 amide bonds. The molecule has 5 heteroatoms. The molecule has 1 saturated heterocycles. The largest absolute Gasteiger partial charge is 0.322 e. The third kappa shape index (κ3) is 3.97. The minimum Gasteiger partial charge on any atom is -0.322 e. The molecule has 1 aromatic carbocycles. The number of urea groups is 1. The lowest BCUT2D eigenvalue weighted by molar-refractivity contribution is -0.116. The van der Waals surface area contributed by atoms with Gasteiger partial charge in [-0.05, 0) is 54.9 Å². The highest BCUT2D eigenvalue weighted by atomic mass is 16.2. The summed E-state index contributed by atoms with van der Waals surface area (Å²) in [5.74, 6) is 0.0672. The molecule has 2 heterocycles. The number of likely N-dealkylation sites (tertiary alicyclic amines) is 1. The van der Waals surface area contributed by atoms with Crippen molar-refractivity contribution in [1.82, 2.24) is 4.90 Å². The lowest BCUT2D eigenvalue weighted by Gasteiger charge is -2.30. The van der Waals surface area contributed by atoms with Crippen LogP contribution in [-0.4, -0.2) is 36.0 Å². The summed E-state index contributed by atoms with van der Waals surface area (Å²) < 4.78 is 0. The van der Waals surface area contributed by atoms with E-state index in [1.165, 1.54) is 0 Å². The summed E-state index contributed by atoms with van der Waals surface area (Å²) in [7, 11) is 0. The maximum Gasteiger partial charge on any atom is 0.322 e. The van der Waals surface area contributed by atoms with Crippen molar-refractivity contribution < 1.29 is 9.59 Å². The number of nitrogens with one attached hydrogen (secondary N) is 1. The number of anilines is 2. The number of nitrogens with zero attached hydrogens (tertiary/aromatic N) is 2. The Bertz CT molecular complexity index is 678. The number of carbonyl (C=O) groups is 2. The van der Waals surface area contributed by atoms with Gasteiger partial charge < -0.3 is 15.1 Å². The molecule has 1 fully saturated rings. The van der Waals surface area contributed by atoms with Crippen LogP contribution in [0.1, 0.15) is 52.5 Å². The number of amides is 3. The normalized spacial score (nSPS) is 19.9. The summed E-state index contributed by atoms with van der Waals surface area (Å²) in [5, 5.41) is 3.06. The molecule has 136 valence electrons. The first kappa shape index (κ1) is 17.8. The number of hydrogen-bond donors (Lipinski definition) is 1. The van der Waals surface area contributed by atoms with Crippen molar-refractivity contribution in [3.8, 4) is 0 Å². The second kappa shape index (κ2) is 6.70. The number of carbonyl (C=O) groups excluding carboxylic acids is 2. The lowest BCUT2D eigenvalue weighted by Crippen LogP contribution is -2.40. The van der Waals surface area contributed by atoms with Crippen molar-refractivity contribution in [3.63, 3.8) is 0 Å². The van der Waals surface area contributed by atoms with E-state index in [1.54, 1.807) is 11.8 Å². The lowest BCUT2D eigenvalue weighted by atomic mass is 9.87. The second-order valence-electron chi connectivity index (χ2n) is 8.45. The van der Waals surface area contributed by atoms with Gasteiger partial charge in [0.05, 0.1) is 0 Å². The van der Waals surface area contributed by atoms with Gasteiger partial charge in [-0.1, -0.05) is 20.8 Å². The topological polar surface area (TPSA) is 52.7 Å². The van der Waals surface area contributed by atoms with Crippen molar-refractivity contribution in [1.29, 1.82) is 0 Å². The monoisotopic (exact) mass is 343 g/mol. The smallest absolute Gasteiger partial charge is 0.322 e. The van der Waals surface area contributed by atoms with Gasteiger partial charge in [0.15, 0.2) is 0 Å². The average molecular weight is 343 g/mol. The quantitative estimate of drug-likeness (QED) is 0.881. The molecule has 1 aromatic rings. The molecule has 0 bridgehead atoms. The van der Waals surface area contributed by atoms with Crippen LogP contribution in [0.3, 0.4) is 0 Å². The van der Waals surface area contributed by atoms with E-state index in [0.29, 0.717) is 6.04 Å². The van der Waals surface area contributed by atoms with Crippen LogP contribution < -0.4 is 10.2 Å². The predicted molar refractivity (Wildman–Crippen MR) is 101 cm³/mol.